The van der Waals surface area contributed by atoms with Gasteiger partial charge in [-0.3, -0.25) is 4.79 Å². The van der Waals surface area contributed by atoms with Crippen LogP contribution in [0, 0.1) is 0 Å². The van der Waals surface area contributed by atoms with Crippen molar-refractivity contribution in [2.24, 2.45) is 0 Å². The number of amides is 1. The highest BCUT2D eigenvalue weighted by Crippen LogP contribution is 2.17. The van der Waals surface area contributed by atoms with Crippen LogP contribution in [0.3, 0.4) is 0 Å². The van der Waals surface area contributed by atoms with Gasteiger partial charge in [-0.15, -0.1) is 0 Å². The van der Waals surface area contributed by atoms with Crippen LogP contribution < -0.4 is 4.90 Å². The van der Waals surface area contributed by atoms with Crippen molar-refractivity contribution in [3.63, 3.8) is 0 Å². The van der Waals surface area contributed by atoms with Gasteiger partial charge in [-0.1, -0.05) is 64.2 Å². The van der Waals surface area contributed by atoms with E-state index in [2.05, 4.69) is 13.8 Å². The van der Waals surface area contributed by atoms with Crippen molar-refractivity contribution in [3.05, 3.63) is 30.3 Å². The van der Waals surface area contributed by atoms with Crippen molar-refractivity contribution >= 4 is 11.6 Å². The average molecular weight is 275 g/mol. The smallest absolute Gasteiger partial charge is 0.226 e. The number of carbonyl (C=O) groups excluding carboxylic acids is 1. The maximum Gasteiger partial charge on any atom is 0.226 e. The molecule has 0 fully saturated rings. The van der Waals surface area contributed by atoms with E-state index in [-0.39, 0.29) is 5.91 Å². The Morgan fingerprint density at radius 1 is 0.900 bits per heavy atom. The third-order valence-corrected chi connectivity index (χ3v) is 3.60. The first-order valence-electron chi connectivity index (χ1n) is 8.15. The number of benzene rings is 1. The molecule has 112 valence electrons. The summed E-state index contributed by atoms with van der Waals surface area (Å²) in [6, 6.07) is 10.1. The minimum atomic E-state index is 0.279. The Morgan fingerprint density at radius 3 is 2.20 bits per heavy atom. The van der Waals surface area contributed by atoms with Crippen molar-refractivity contribution in [1.82, 2.24) is 0 Å². The van der Waals surface area contributed by atoms with Crippen LogP contribution in [0.2, 0.25) is 0 Å². The normalized spacial score (nSPS) is 10.5. The predicted molar refractivity (Wildman–Crippen MR) is 87.1 cm³/mol. The van der Waals surface area contributed by atoms with Gasteiger partial charge in [0.1, 0.15) is 0 Å². The van der Waals surface area contributed by atoms with Crippen molar-refractivity contribution < 1.29 is 4.79 Å². The number of nitrogens with zero attached hydrogens (tertiary/aromatic N) is 1. The fourth-order valence-electron chi connectivity index (χ4n) is 2.34. The van der Waals surface area contributed by atoms with Crippen LogP contribution in [-0.4, -0.2) is 12.5 Å². The molecule has 20 heavy (non-hydrogen) atoms. The number of carbonyl (C=O) groups is 1. The second-order valence-electron chi connectivity index (χ2n) is 5.40. The van der Waals surface area contributed by atoms with Crippen LogP contribution in [0.25, 0.3) is 0 Å². The summed E-state index contributed by atoms with van der Waals surface area (Å²) in [7, 11) is 0. The van der Waals surface area contributed by atoms with Gasteiger partial charge >= 0.3 is 0 Å². The zero-order valence-corrected chi connectivity index (χ0v) is 13.1. The molecule has 2 heteroatoms. The topological polar surface area (TPSA) is 20.3 Å². The first-order valence-corrected chi connectivity index (χ1v) is 8.15. The van der Waals surface area contributed by atoms with E-state index < -0.39 is 0 Å². The molecule has 0 spiro atoms. The quantitative estimate of drug-likeness (QED) is 0.539. The van der Waals surface area contributed by atoms with E-state index in [0.29, 0.717) is 6.42 Å². The number of hydrogen-bond donors (Lipinski definition) is 0. The molecule has 0 saturated heterocycles. The molecule has 0 bridgehead atoms. The summed E-state index contributed by atoms with van der Waals surface area (Å²) in [6.07, 6.45) is 8.85. The lowest BCUT2D eigenvalue weighted by atomic mass is 10.1. The molecule has 0 atom stereocenters. The van der Waals surface area contributed by atoms with E-state index in [1.807, 2.05) is 35.2 Å². The monoisotopic (exact) mass is 275 g/mol. The molecule has 1 aromatic carbocycles. The van der Waals surface area contributed by atoms with Gasteiger partial charge in [0.05, 0.1) is 0 Å². The standard InChI is InChI=1S/C18H29NO/c1-3-5-7-8-12-15-18(20)19(16-6-4-2)17-13-10-9-11-14-17/h9-11,13-14H,3-8,12,15-16H2,1-2H3. The van der Waals surface area contributed by atoms with Crippen LogP contribution in [0.5, 0.6) is 0 Å². The molecule has 0 aliphatic heterocycles. The molecule has 0 aromatic heterocycles. The lowest BCUT2D eigenvalue weighted by molar-refractivity contribution is -0.118. The van der Waals surface area contributed by atoms with E-state index in [1.54, 1.807) is 0 Å². The molecule has 1 rings (SSSR count). The first kappa shape index (κ1) is 16.7. The maximum atomic E-state index is 12.4. The molecular formula is C18H29NO. The highest BCUT2D eigenvalue weighted by atomic mass is 16.2. The summed E-state index contributed by atoms with van der Waals surface area (Å²) >= 11 is 0. The second-order valence-corrected chi connectivity index (χ2v) is 5.40. The van der Waals surface area contributed by atoms with Gasteiger partial charge < -0.3 is 4.90 Å². The second kappa shape index (κ2) is 10.5. The van der Waals surface area contributed by atoms with Crippen molar-refractivity contribution in [1.29, 1.82) is 0 Å². The van der Waals surface area contributed by atoms with Gasteiger partial charge in [0.15, 0.2) is 0 Å². The number of hydrogen-bond acceptors (Lipinski definition) is 1. The molecule has 1 amide bonds. The first-order chi connectivity index (χ1) is 9.79. The fourth-order valence-corrected chi connectivity index (χ4v) is 2.34. The van der Waals surface area contributed by atoms with E-state index in [4.69, 9.17) is 0 Å². The van der Waals surface area contributed by atoms with Gasteiger partial charge in [0.25, 0.3) is 0 Å². The molecule has 1 aromatic rings. The van der Waals surface area contributed by atoms with Crippen molar-refractivity contribution in [2.75, 3.05) is 11.4 Å². The lowest BCUT2D eigenvalue weighted by Gasteiger charge is -2.22. The summed E-state index contributed by atoms with van der Waals surface area (Å²) in [4.78, 5) is 14.4. The molecule has 0 saturated carbocycles. The Kier molecular flexibility index (Phi) is 8.77. The molecule has 0 radical (unpaired) electrons. The van der Waals surface area contributed by atoms with Crippen molar-refractivity contribution in [3.8, 4) is 0 Å². The summed E-state index contributed by atoms with van der Waals surface area (Å²) in [5.41, 5.74) is 1.04. The Hall–Kier alpha value is -1.31. The minimum Gasteiger partial charge on any atom is -0.312 e. The highest BCUT2D eigenvalue weighted by molar-refractivity contribution is 5.93. The zero-order valence-electron chi connectivity index (χ0n) is 13.1. The maximum absolute atomic E-state index is 12.4. The molecule has 2 nitrogen and oxygen atoms in total. The number of para-hydroxylation sites is 1. The van der Waals surface area contributed by atoms with Crippen LogP contribution in [-0.2, 0) is 4.79 Å². The molecule has 0 aliphatic rings. The highest BCUT2D eigenvalue weighted by Gasteiger charge is 2.14. The number of anilines is 1. The zero-order chi connectivity index (χ0) is 14.6. The fraction of sp³-hybridized carbons (Fsp3) is 0.611. The number of unbranched alkanes of at least 4 members (excludes halogenated alkanes) is 5. The molecule has 0 heterocycles. The van der Waals surface area contributed by atoms with E-state index in [9.17, 15) is 4.79 Å². The number of rotatable bonds is 10. The molecular weight excluding hydrogens is 246 g/mol. The molecule has 0 aliphatic carbocycles. The van der Waals surface area contributed by atoms with Gasteiger partial charge in [-0.25, -0.2) is 0 Å². The Labute approximate surface area is 124 Å². The average Bonchev–Trinajstić information content (AvgIpc) is 2.48. The van der Waals surface area contributed by atoms with E-state index >= 15 is 0 Å². The Bertz CT molecular complexity index is 361. The largest absolute Gasteiger partial charge is 0.312 e. The van der Waals surface area contributed by atoms with E-state index in [1.165, 1.54) is 25.7 Å². The van der Waals surface area contributed by atoms with Crippen LogP contribution in [0.4, 0.5) is 5.69 Å². The van der Waals surface area contributed by atoms with Crippen LogP contribution >= 0.6 is 0 Å². The summed E-state index contributed by atoms with van der Waals surface area (Å²) in [5, 5.41) is 0. The van der Waals surface area contributed by atoms with E-state index in [0.717, 1.165) is 31.5 Å². The van der Waals surface area contributed by atoms with Gasteiger partial charge in [-0.2, -0.15) is 0 Å². The summed E-state index contributed by atoms with van der Waals surface area (Å²) < 4.78 is 0. The SMILES string of the molecule is CCCCCCCC(=O)N(CCCC)c1ccccc1. The third kappa shape index (κ3) is 6.23. The van der Waals surface area contributed by atoms with Gasteiger partial charge in [0.2, 0.25) is 5.91 Å². The van der Waals surface area contributed by atoms with Crippen LogP contribution in [0.1, 0.15) is 65.2 Å². The Balaban J connectivity index is 2.48. The summed E-state index contributed by atoms with van der Waals surface area (Å²) in [6.45, 7) is 5.22. The van der Waals surface area contributed by atoms with Crippen molar-refractivity contribution in [2.45, 2.75) is 65.2 Å². The third-order valence-electron chi connectivity index (χ3n) is 3.60. The van der Waals surface area contributed by atoms with Crippen LogP contribution in [0.15, 0.2) is 30.3 Å². The lowest BCUT2D eigenvalue weighted by Crippen LogP contribution is -2.31. The summed E-state index contributed by atoms with van der Waals surface area (Å²) in [5.74, 6) is 0.279. The molecule has 0 N–H and O–H groups in total. The molecule has 0 unspecified atom stereocenters. The Morgan fingerprint density at radius 2 is 1.55 bits per heavy atom. The minimum absolute atomic E-state index is 0.279. The predicted octanol–water partition coefficient (Wildman–Crippen LogP) is 5.18. The van der Waals surface area contributed by atoms with Gasteiger partial charge in [-0.05, 0) is 25.0 Å². The van der Waals surface area contributed by atoms with Gasteiger partial charge in [0, 0.05) is 18.7 Å².